The van der Waals surface area contributed by atoms with E-state index in [0.717, 1.165) is 43.0 Å². The fraction of sp³-hybridized carbons (Fsp3) is 0.333. The summed E-state index contributed by atoms with van der Waals surface area (Å²) in [6, 6.07) is 8.21. The fourth-order valence-corrected chi connectivity index (χ4v) is 4.24. The lowest BCUT2D eigenvalue weighted by molar-refractivity contribution is 0.402. The van der Waals surface area contributed by atoms with E-state index in [4.69, 9.17) is 5.73 Å². The van der Waals surface area contributed by atoms with Gasteiger partial charge < -0.3 is 16.0 Å². The van der Waals surface area contributed by atoms with E-state index in [-0.39, 0.29) is 11.7 Å². The van der Waals surface area contributed by atoms with Crippen molar-refractivity contribution in [1.82, 2.24) is 9.97 Å². The van der Waals surface area contributed by atoms with E-state index in [0.29, 0.717) is 24.6 Å². The zero-order chi connectivity index (χ0) is 22.7. The van der Waals surface area contributed by atoms with E-state index < -0.39 is 23.0 Å². The number of nitrogens with one attached hydrogen (secondary N) is 1. The van der Waals surface area contributed by atoms with Gasteiger partial charge in [-0.15, -0.1) is 0 Å². The number of hydrogen-bond acceptors (Lipinski definition) is 5. The van der Waals surface area contributed by atoms with Crippen LogP contribution in [0.15, 0.2) is 48.8 Å². The van der Waals surface area contributed by atoms with E-state index in [1.165, 1.54) is 18.2 Å². The summed E-state index contributed by atoms with van der Waals surface area (Å²) in [4.78, 5) is 10.7. The third-order valence-corrected chi connectivity index (χ3v) is 5.63. The van der Waals surface area contributed by atoms with Gasteiger partial charge >= 0.3 is 0 Å². The molecule has 8 heteroatoms. The van der Waals surface area contributed by atoms with Crippen molar-refractivity contribution in [2.75, 3.05) is 29.9 Å². The second kappa shape index (κ2) is 9.56. The molecular weight excluding hydrogens is 415 g/mol. The van der Waals surface area contributed by atoms with Gasteiger partial charge in [-0.2, -0.15) is 0 Å². The third kappa shape index (κ3) is 4.85. The highest BCUT2D eigenvalue weighted by atomic mass is 19.1. The Morgan fingerprint density at radius 3 is 2.59 bits per heavy atom. The molecular formula is C24H26F3N5. The molecule has 3 N–H and O–H groups in total. The predicted molar refractivity (Wildman–Crippen MR) is 120 cm³/mol. The van der Waals surface area contributed by atoms with Gasteiger partial charge in [-0.05, 0) is 42.7 Å². The number of anilines is 2. The standard InChI is InChI=1S/C24H26F3N5/c1-15-11-16(28)14-32(13-15)22-8-9-29-12-21(22)30-10-7-17-5-6-20(27)24(31-17)23-18(25)3-2-4-19(23)26/h2-6,8-9,12,15-16,30H,7,10-11,13-14,28H2,1H3/t15-,16+/m1/s1. The second-order valence-electron chi connectivity index (χ2n) is 8.31. The van der Waals surface area contributed by atoms with Crippen LogP contribution in [0.4, 0.5) is 24.5 Å². The third-order valence-electron chi connectivity index (χ3n) is 5.63. The molecule has 0 saturated carbocycles. The maximum absolute atomic E-state index is 14.3. The van der Waals surface area contributed by atoms with Crippen molar-refractivity contribution < 1.29 is 13.2 Å². The summed E-state index contributed by atoms with van der Waals surface area (Å²) >= 11 is 0. The minimum absolute atomic E-state index is 0.125. The molecule has 2 aromatic heterocycles. The van der Waals surface area contributed by atoms with E-state index in [9.17, 15) is 13.2 Å². The average molecular weight is 442 g/mol. The van der Waals surface area contributed by atoms with Crippen LogP contribution in [-0.4, -0.2) is 35.6 Å². The van der Waals surface area contributed by atoms with Crippen molar-refractivity contribution in [2.24, 2.45) is 11.7 Å². The fourth-order valence-electron chi connectivity index (χ4n) is 4.24. The number of rotatable bonds is 6. The van der Waals surface area contributed by atoms with Gasteiger partial charge in [0.1, 0.15) is 23.1 Å². The topological polar surface area (TPSA) is 67.1 Å². The number of nitrogens with zero attached hydrogens (tertiary/aromatic N) is 3. The maximum atomic E-state index is 14.3. The van der Waals surface area contributed by atoms with Gasteiger partial charge in [-0.1, -0.05) is 13.0 Å². The lowest BCUT2D eigenvalue weighted by atomic mass is 9.96. The summed E-state index contributed by atoms with van der Waals surface area (Å²) in [7, 11) is 0. The summed E-state index contributed by atoms with van der Waals surface area (Å²) in [5.41, 5.74) is 7.85. The van der Waals surface area contributed by atoms with Crippen LogP contribution in [0.25, 0.3) is 11.3 Å². The van der Waals surface area contributed by atoms with Crippen LogP contribution in [0.1, 0.15) is 19.0 Å². The van der Waals surface area contributed by atoms with Crippen LogP contribution in [-0.2, 0) is 6.42 Å². The van der Waals surface area contributed by atoms with E-state index in [1.807, 2.05) is 6.07 Å². The number of aromatic nitrogens is 2. The number of pyridine rings is 2. The van der Waals surface area contributed by atoms with E-state index in [2.05, 4.69) is 27.1 Å². The van der Waals surface area contributed by atoms with Crippen LogP contribution < -0.4 is 16.0 Å². The van der Waals surface area contributed by atoms with Crippen LogP contribution in [0, 0.1) is 23.4 Å². The van der Waals surface area contributed by atoms with Crippen molar-refractivity contribution in [3.63, 3.8) is 0 Å². The largest absolute Gasteiger partial charge is 0.382 e. The number of benzene rings is 1. The molecule has 1 aromatic carbocycles. The Hall–Kier alpha value is -3.13. The number of hydrogen-bond donors (Lipinski definition) is 2. The minimum atomic E-state index is -0.847. The molecule has 1 aliphatic heterocycles. The molecule has 5 nitrogen and oxygen atoms in total. The predicted octanol–water partition coefficient (Wildman–Crippen LogP) is 4.39. The molecule has 0 radical (unpaired) electrons. The number of piperidine rings is 1. The van der Waals surface area contributed by atoms with Gasteiger partial charge in [-0.3, -0.25) is 4.98 Å². The summed E-state index contributed by atoms with van der Waals surface area (Å²) in [5, 5.41) is 3.36. The smallest absolute Gasteiger partial charge is 0.149 e. The molecule has 0 unspecified atom stereocenters. The quantitative estimate of drug-likeness (QED) is 0.594. The molecule has 32 heavy (non-hydrogen) atoms. The Balaban J connectivity index is 1.48. The van der Waals surface area contributed by atoms with Gasteiger partial charge in [0.25, 0.3) is 0 Å². The first kappa shape index (κ1) is 22.1. The molecule has 1 fully saturated rings. The molecule has 2 atom stereocenters. The van der Waals surface area contributed by atoms with Crippen LogP contribution >= 0.6 is 0 Å². The molecule has 4 rings (SSSR count). The molecule has 168 valence electrons. The minimum Gasteiger partial charge on any atom is -0.382 e. The van der Waals surface area contributed by atoms with Gasteiger partial charge in [0.05, 0.1) is 23.1 Å². The van der Waals surface area contributed by atoms with Crippen LogP contribution in [0.3, 0.4) is 0 Å². The SMILES string of the molecule is C[C@@H]1C[C@H](N)CN(c2ccncc2NCCc2ccc(F)c(-c3c(F)cccc3F)n2)C1. The Labute approximate surface area is 185 Å². The highest BCUT2D eigenvalue weighted by molar-refractivity contribution is 5.69. The van der Waals surface area contributed by atoms with Crippen molar-refractivity contribution in [1.29, 1.82) is 0 Å². The molecule has 0 amide bonds. The van der Waals surface area contributed by atoms with Gasteiger partial charge in [0.15, 0.2) is 0 Å². The van der Waals surface area contributed by atoms with Crippen LogP contribution in [0.2, 0.25) is 0 Å². The lowest BCUT2D eigenvalue weighted by Gasteiger charge is -2.37. The number of halogens is 3. The summed E-state index contributed by atoms with van der Waals surface area (Å²) < 4.78 is 42.5. The molecule has 3 aromatic rings. The zero-order valence-corrected chi connectivity index (χ0v) is 17.9. The van der Waals surface area contributed by atoms with E-state index in [1.54, 1.807) is 12.4 Å². The molecule has 3 heterocycles. The second-order valence-corrected chi connectivity index (χ2v) is 8.31. The molecule has 0 aliphatic carbocycles. The lowest BCUT2D eigenvalue weighted by Crippen LogP contribution is -2.46. The Bertz CT molecular complexity index is 1060. The molecule has 1 aliphatic rings. The first-order chi connectivity index (χ1) is 15.4. The van der Waals surface area contributed by atoms with Crippen molar-refractivity contribution in [3.05, 3.63) is 71.9 Å². The van der Waals surface area contributed by atoms with Crippen molar-refractivity contribution in [3.8, 4) is 11.3 Å². The highest BCUT2D eigenvalue weighted by Gasteiger charge is 2.24. The molecule has 1 saturated heterocycles. The molecule has 0 bridgehead atoms. The first-order valence-corrected chi connectivity index (χ1v) is 10.7. The highest BCUT2D eigenvalue weighted by Crippen LogP contribution is 2.29. The van der Waals surface area contributed by atoms with Gasteiger partial charge in [-0.25, -0.2) is 18.2 Å². The summed E-state index contributed by atoms with van der Waals surface area (Å²) in [6.07, 6.45) is 4.96. The van der Waals surface area contributed by atoms with Crippen molar-refractivity contribution in [2.45, 2.75) is 25.8 Å². The maximum Gasteiger partial charge on any atom is 0.149 e. The van der Waals surface area contributed by atoms with Crippen LogP contribution in [0.5, 0.6) is 0 Å². The van der Waals surface area contributed by atoms with Gasteiger partial charge in [0, 0.05) is 44.0 Å². The Kier molecular flexibility index (Phi) is 6.60. The van der Waals surface area contributed by atoms with Gasteiger partial charge in [0.2, 0.25) is 0 Å². The Morgan fingerprint density at radius 1 is 1.06 bits per heavy atom. The normalized spacial score (nSPS) is 18.6. The van der Waals surface area contributed by atoms with Crippen molar-refractivity contribution >= 4 is 11.4 Å². The molecule has 0 spiro atoms. The first-order valence-electron chi connectivity index (χ1n) is 10.7. The zero-order valence-electron chi connectivity index (χ0n) is 17.9. The summed E-state index contributed by atoms with van der Waals surface area (Å²) in [5.74, 6) is -1.96. The monoisotopic (exact) mass is 441 g/mol. The van der Waals surface area contributed by atoms with E-state index >= 15 is 0 Å². The Morgan fingerprint density at radius 2 is 1.84 bits per heavy atom. The average Bonchev–Trinajstić information content (AvgIpc) is 2.75. The number of nitrogens with two attached hydrogens (primary N) is 1. The summed E-state index contributed by atoms with van der Waals surface area (Å²) in [6.45, 7) is 4.38.